The molecule has 0 aromatic carbocycles. The molecule has 3 nitrogen and oxygen atoms in total. The molecule has 1 heterocycles. The molecular weight excluding hydrogens is 285 g/mol. The van der Waals surface area contributed by atoms with Gasteiger partial charge in [-0.25, -0.2) is 0 Å². The highest BCUT2D eigenvalue weighted by molar-refractivity contribution is 14.1. The van der Waals surface area contributed by atoms with E-state index in [9.17, 15) is 0 Å². The molecule has 0 saturated carbocycles. The topological polar surface area (TPSA) is 59.6 Å². The van der Waals surface area contributed by atoms with Crippen LogP contribution >= 0.6 is 34.2 Å². The van der Waals surface area contributed by atoms with Crippen molar-refractivity contribution in [2.45, 2.75) is 6.92 Å². The van der Waals surface area contributed by atoms with Gasteiger partial charge in [-0.1, -0.05) is 0 Å². The number of nitriles is 2. The molecule has 1 rings (SSSR count). The number of thiophene rings is 1. The van der Waals surface area contributed by atoms with Crippen LogP contribution in [0.2, 0.25) is 0 Å². The molecule has 0 fully saturated rings. The third-order valence-electron chi connectivity index (χ3n) is 1.45. The van der Waals surface area contributed by atoms with Gasteiger partial charge in [-0.2, -0.15) is 10.5 Å². The first-order valence-electron chi connectivity index (χ1n) is 3.04. The van der Waals surface area contributed by atoms with Crippen molar-refractivity contribution < 1.29 is 0 Å². The SMILES string of the molecule is Cc1c(C#N)sc(NI)c1C#N. The first-order valence-corrected chi connectivity index (χ1v) is 4.94. The van der Waals surface area contributed by atoms with Gasteiger partial charge in [0, 0.05) is 0 Å². The summed E-state index contributed by atoms with van der Waals surface area (Å²) in [6, 6.07) is 4.11. The fourth-order valence-corrected chi connectivity index (χ4v) is 2.27. The Morgan fingerprint density at radius 2 is 2.08 bits per heavy atom. The second-order valence-electron chi connectivity index (χ2n) is 2.08. The lowest BCUT2D eigenvalue weighted by molar-refractivity contribution is 1.42. The number of hydrogen-bond donors (Lipinski definition) is 1. The van der Waals surface area contributed by atoms with Crippen molar-refractivity contribution >= 4 is 39.2 Å². The van der Waals surface area contributed by atoms with Crippen molar-refractivity contribution in [2.75, 3.05) is 3.53 Å². The Kier molecular flexibility index (Phi) is 2.90. The minimum atomic E-state index is 0.575. The van der Waals surface area contributed by atoms with Crippen LogP contribution < -0.4 is 3.53 Å². The van der Waals surface area contributed by atoms with Crippen LogP contribution in [-0.4, -0.2) is 0 Å². The molecule has 0 aliphatic carbocycles. The van der Waals surface area contributed by atoms with E-state index in [4.69, 9.17) is 10.5 Å². The monoisotopic (exact) mass is 289 g/mol. The average molecular weight is 289 g/mol. The summed E-state index contributed by atoms with van der Waals surface area (Å²) in [4.78, 5) is 0.603. The summed E-state index contributed by atoms with van der Waals surface area (Å²) in [5.41, 5.74) is 1.34. The highest BCUT2D eigenvalue weighted by Crippen LogP contribution is 2.32. The summed E-state index contributed by atoms with van der Waals surface area (Å²) in [5.74, 6) is 0. The number of nitrogens with one attached hydrogen (secondary N) is 1. The minimum absolute atomic E-state index is 0.575. The molecular formula is C7H4IN3S. The Morgan fingerprint density at radius 1 is 1.42 bits per heavy atom. The number of rotatable bonds is 1. The predicted octanol–water partition coefficient (Wildman–Crippen LogP) is 2.56. The standard InChI is InChI=1S/C7H4IN3S/c1-4-5(2-9)7(11-8)12-6(4)3-10/h11H,1H3. The summed E-state index contributed by atoms with van der Waals surface area (Å²) < 4.78 is 2.86. The van der Waals surface area contributed by atoms with Crippen molar-refractivity contribution in [3.8, 4) is 12.1 Å². The van der Waals surface area contributed by atoms with Gasteiger partial charge in [0.2, 0.25) is 0 Å². The molecule has 0 amide bonds. The highest BCUT2D eigenvalue weighted by Gasteiger charge is 2.13. The van der Waals surface area contributed by atoms with Gasteiger partial charge in [0.05, 0.1) is 28.4 Å². The third-order valence-corrected chi connectivity index (χ3v) is 3.46. The quantitative estimate of drug-likeness (QED) is 0.638. The lowest BCUT2D eigenvalue weighted by atomic mass is 10.2. The minimum Gasteiger partial charge on any atom is -0.319 e. The van der Waals surface area contributed by atoms with Gasteiger partial charge in [0.25, 0.3) is 0 Å². The van der Waals surface area contributed by atoms with Crippen molar-refractivity contribution in [3.63, 3.8) is 0 Å². The highest BCUT2D eigenvalue weighted by atomic mass is 127. The first kappa shape index (κ1) is 9.30. The summed E-state index contributed by atoms with van der Waals surface area (Å²) >= 11 is 3.26. The van der Waals surface area contributed by atoms with E-state index >= 15 is 0 Å². The maximum Gasteiger partial charge on any atom is 0.117 e. The van der Waals surface area contributed by atoms with E-state index in [2.05, 4.69) is 9.60 Å². The molecule has 5 heteroatoms. The Bertz CT molecular complexity index is 383. The van der Waals surface area contributed by atoms with Crippen molar-refractivity contribution in [1.82, 2.24) is 0 Å². The number of anilines is 1. The fourth-order valence-electron chi connectivity index (χ4n) is 0.821. The van der Waals surface area contributed by atoms with Gasteiger partial charge in [-0.05, 0) is 12.5 Å². The van der Waals surface area contributed by atoms with Crippen molar-refractivity contribution in [3.05, 3.63) is 16.0 Å². The predicted molar refractivity (Wildman–Crippen MR) is 56.1 cm³/mol. The maximum absolute atomic E-state index is 8.74. The maximum atomic E-state index is 8.74. The van der Waals surface area contributed by atoms with Gasteiger partial charge in [0.1, 0.15) is 22.0 Å². The molecule has 12 heavy (non-hydrogen) atoms. The van der Waals surface area contributed by atoms with E-state index in [0.717, 1.165) is 10.6 Å². The zero-order valence-corrected chi connectivity index (χ0v) is 9.15. The van der Waals surface area contributed by atoms with Gasteiger partial charge in [-0.3, -0.25) is 0 Å². The Balaban J connectivity index is 3.37. The Morgan fingerprint density at radius 3 is 2.42 bits per heavy atom. The number of nitrogens with zero attached hydrogens (tertiary/aromatic N) is 2. The number of hydrogen-bond acceptors (Lipinski definition) is 4. The van der Waals surface area contributed by atoms with E-state index in [-0.39, 0.29) is 0 Å². The van der Waals surface area contributed by atoms with Gasteiger partial charge in [0.15, 0.2) is 0 Å². The number of halogens is 1. The molecule has 1 N–H and O–H groups in total. The van der Waals surface area contributed by atoms with Crippen molar-refractivity contribution in [2.24, 2.45) is 0 Å². The smallest absolute Gasteiger partial charge is 0.117 e. The molecule has 0 spiro atoms. The Labute approximate surface area is 88.1 Å². The van der Waals surface area contributed by atoms with Crippen LogP contribution in [-0.2, 0) is 0 Å². The van der Waals surface area contributed by atoms with Crippen LogP contribution in [0, 0.1) is 29.6 Å². The normalized spacial score (nSPS) is 8.67. The molecule has 0 aliphatic heterocycles. The van der Waals surface area contributed by atoms with Crippen LogP contribution in [0.1, 0.15) is 16.0 Å². The van der Waals surface area contributed by atoms with Crippen LogP contribution in [0.4, 0.5) is 5.00 Å². The zero-order chi connectivity index (χ0) is 9.14. The van der Waals surface area contributed by atoms with E-state index < -0.39 is 0 Å². The van der Waals surface area contributed by atoms with Gasteiger partial charge >= 0.3 is 0 Å². The van der Waals surface area contributed by atoms with Crippen LogP contribution in [0.15, 0.2) is 0 Å². The van der Waals surface area contributed by atoms with Crippen LogP contribution in [0.3, 0.4) is 0 Å². The van der Waals surface area contributed by atoms with Crippen LogP contribution in [0.25, 0.3) is 0 Å². The molecule has 60 valence electrons. The van der Waals surface area contributed by atoms with E-state index in [1.54, 1.807) is 6.92 Å². The largest absolute Gasteiger partial charge is 0.319 e. The summed E-state index contributed by atoms with van der Waals surface area (Å²) in [6.07, 6.45) is 0. The van der Waals surface area contributed by atoms with E-state index in [1.165, 1.54) is 11.3 Å². The molecule has 1 aromatic heterocycles. The van der Waals surface area contributed by atoms with E-state index in [1.807, 2.05) is 28.9 Å². The van der Waals surface area contributed by atoms with Gasteiger partial charge < -0.3 is 3.53 Å². The first-order chi connectivity index (χ1) is 5.74. The molecule has 0 atom stereocenters. The molecule has 0 radical (unpaired) electrons. The molecule has 0 aliphatic rings. The zero-order valence-electron chi connectivity index (χ0n) is 6.18. The second-order valence-corrected chi connectivity index (χ2v) is 3.64. The summed E-state index contributed by atoms with van der Waals surface area (Å²) in [6.45, 7) is 1.78. The third kappa shape index (κ3) is 1.38. The average Bonchev–Trinajstić information content (AvgIpc) is 2.41. The molecule has 0 bridgehead atoms. The molecule has 0 saturated heterocycles. The van der Waals surface area contributed by atoms with E-state index in [0.29, 0.717) is 10.4 Å². The lowest BCUT2D eigenvalue weighted by Gasteiger charge is -1.90. The Hall–Kier alpha value is -0.790. The van der Waals surface area contributed by atoms with Crippen LogP contribution in [0.5, 0.6) is 0 Å². The van der Waals surface area contributed by atoms with Gasteiger partial charge in [-0.15, -0.1) is 11.3 Å². The van der Waals surface area contributed by atoms with Crippen molar-refractivity contribution in [1.29, 1.82) is 10.5 Å². The lowest BCUT2D eigenvalue weighted by Crippen LogP contribution is -1.80. The summed E-state index contributed by atoms with van der Waals surface area (Å²) in [7, 11) is 0. The summed E-state index contributed by atoms with van der Waals surface area (Å²) in [5, 5.41) is 18.2. The fraction of sp³-hybridized carbons (Fsp3) is 0.143. The molecule has 1 aromatic rings. The molecule has 0 unspecified atom stereocenters. The second kappa shape index (κ2) is 3.74.